The van der Waals surface area contributed by atoms with E-state index in [0.717, 1.165) is 22.9 Å². The van der Waals surface area contributed by atoms with E-state index >= 15 is 0 Å². The van der Waals surface area contributed by atoms with Crippen molar-refractivity contribution < 1.29 is 4.79 Å². The molecular weight excluding hydrogens is 358 g/mol. The van der Waals surface area contributed by atoms with Crippen LogP contribution in [0.4, 0.5) is 5.69 Å². The number of carbonyl (C=O) groups excluding carboxylic acids is 1. The minimum atomic E-state index is -0.322. The summed E-state index contributed by atoms with van der Waals surface area (Å²) in [7, 11) is 0. The largest absolute Gasteiger partial charge is 0.365 e. The van der Waals surface area contributed by atoms with Gasteiger partial charge in [0, 0.05) is 38.4 Å². The molecular formula is C19H21N7O2. The quantitative estimate of drug-likeness (QED) is 0.727. The monoisotopic (exact) mass is 379 g/mol. The lowest BCUT2D eigenvalue weighted by Gasteiger charge is -2.36. The second-order valence-electron chi connectivity index (χ2n) is 6.70. The zero-order valence-electron chi connectivity index (χ0n) is 15.8. The number of carbonyl (C=O) groups is 1. The van der Waals surface area contributed by atoms with Crippen LogP contribution in [-0.2, 0) is 0 Å². The van der Waals surface area contributed by atoms with Crippen molar-refractivity contribution in [3.63, 3.8) is 0 Å². The van der Waals surface area contributed by atoms with Gasteiger partial charge >= 0.3 is 0 Å². The number of aromatic amines is 1. The lowest BCUT2D eigenvalue weighted by molar-refractivity contribution is 0.0739. The third kappa shape index (κ3) is 3.26. The molecule has 1 amide bonds. The molecule has 1 fully saturated rings. The Balaban J connectivity index is 1.50. The molecule has 0 unspecified atom stereocenters. The molecule has 0 saturated carbocycles. The predicted molar refractivity (Wildman–Crippen MR) is 104 cm³/mol. The maximum atomic E-state index is 12.6. The number of anilines is 1. The van der Waals surface area contributed by atoms with E-state index in [1.54, 1.807) is 11.1 Å². The third-order valence-corrected chi connectivity index (χ3v) is 4.90. The van der Waals surface area contributed by atoms with Crippen LogP contribution in [0.25, 0.3) is 5.82 Å². The summed E-state index contributed by atoms with van der Waals surface area (Å²) >= 11 is 0. The molecule has 9 heteroatoms. The highest BCUT2D eigenvalue weighted by Crippen LogP contribution is 2.27. The van der Waals surface area contributed by atoms with Gasteiger partial charge in [-0.1, -0.05) is 6.07 Å². The number of rotatable bonds is 3. The number of hydrogen-bond donors (Lipinski definition) is 1. The normalized spacial score (nSPS) is 14.4. The molecule has 28 heavy (non-hydrogen) atoms. The SMILES string of the molecule is Cc1nn(-c2ccccn2)c(C)c1N1CCN(C(=O)c2ccc(=O)[nH]n2)CC1. The molecule has 4 rings (SSSR count). The van der Waals surface area contributed by atoms with Gasteiger partial charge in [-0.2, -0.15) is 10.2 Å². The summed E-state index contributed by atoms with van der Waals surface area (Å²) in [6.45, 7) is 6.57. The fourth-order valence-corrected chi connectivity index (χ4v) is 3.55. The van der Waals surface area contributed by atoms with Crippen molar-refractivity contribution in [1.82, 2.24) is 29.9 Å². The molecule has 3 aromatic rings. The lowest BCUT2D eigenvalue weighted by atomic mass is 10.2. The molecule has 0 radical (unpaired) electrons. The number of aryl methyl sites for hydroxylation is 1. The molecule has 4 heterocycles. The molecule has 1 aliphatic heterocycles. The second-order valence-corrected chi connectivity index (χ2v) is 6.70. The molecule has 1 aliphatic rings. The topological polar surface area (TPSA) is 100 Å². The number of amides is 1. The molecule has 0 spiro atoms. The van der Waals surface area contributed by atoms with Gasteiger partial charge in [0.1, 0.15) is 5.69 Å². The van der Waals surface area contributed by atoms with Gasteiger partial charge in [0.15, 0.2) is 5.82 Å². The third-order valence-electron chi connectivity index (χ3n) is 4.90. The average molecular weight is 379 g/mol. The van der Waals surface area contributed by atoms with E-state index in [2.05, 4.69) is 25.2 Å². The van der Waals surface area contributed by atoms with Crippen LogP contribution in [0.1, 0.15) is 21.9 Å². The first-order valence-corrected chi connectivity index (χ1v) is 9.12. The Morgan fingerprint density at radius 2 is 1.86 bits per heavy atom. The lowest BCUT2D eigenvalue weighted by Crippen LogP contribution is -2.49. The minimum absolute atomic E-state index is 0.173. The van der Waals surface area contributed by atoms with Crippen molar-refractivity contribution in [2.75, 3.05) is 31.1 Å². The van der Waals surface area contributed by atoms with Crippen LogP contribution >= 0.6 is 0 Å². The molecule has 0 aromatic carbocycles. The average Bonchev–Trinajstić information content (AvgIpc) is 3.03. The number of aromatic nitrogens is 5. The van der Waals surface area contributed by atoms with Crippen molar-refractivity contribution >= 4 is 11.6 Å². The molecule has 1 saturated heterocycles. The van der Waals surface area contributed by atoms with E-state index in [9.17, 15) is 9.59 Å². The predicted octanol–water partition coefficient (Wildman–Crippen LogP) is 0.930. The number of pyridine rings is 1. The van der Waals surface area contributed by atoms with Crippen LogP contribution in [0.5, 0.6) is 0 Å². The van der Waals surface area contributed by atoms with Crippen LogP contribution in [0.3, 0.4) is 0 Å². The number of H-pyrrole nitrogens is 1. The van der Waals surface area contributed by atoms with Crippen molar-refractivity contribution in [3.05, 3.63) is 64.0 Å². The summed E-state index contributed by atoms with van der Waals surface area (Å²) in [6.07, 6.45) is 1.75. The van der Waals surface area contributed by atoms with Gasteiger partial charge in [-0.05, 0) is 32.0 Å². The summed E-state index contributed by atoms with van der Waals surface area (Å²) < 4.78 is 1.85. The van der Waals surface area contributed by atoms with Crippen molar-refractivity contribution in [3.8, 4) is 5.82 Å². The van der Waals surface area contributed by atoms with Gasteiger partial charge in [-0.15, -0.1) is 0 Å². The summed E-state index contributed by atoms with van der Waals surface area (Å²) in [6, 6.07) is 8.52. The van der Waals surface area contributed by atoms with Crippen LogP contribution < -0.4 is 10.5 Å². The van der Waals surface area contributed by atoms with Crippen LogP contribution in [0, 0.1) is 13.8 Å². The van der Waals surface area contributed by atoms with E-state index in [0.29, 0.717) is 26.2 Å². The highest BCUT2D eigenvalue weighted by molar-refractivity contribution is 5.92. The Kier molecular flexibility index (Phi) is 4.64. The number of nitrogens with one attached hydrogen (secondary N) is 1. The fraction of sp³-hybridized carbons (Fsp3) is 0.316. The number of nitrogens with zero attached hydrogens (tertiary/aromatic N) is 6. The first-order valence-electron chi connectivity index (χ1n) is 9.12. The van der Waals surface area contributed by atoms with Gasteiger partial charge in [0.2, 0.25) is 0 Å². The Bertz CT molecular complexity index is 1030. The Labute approximate surface area is 161 Å². The van der Waals surface area contributed by atoms with Gasteiger partial charge < -0.3 is 9.80 Å². The van der Waals surface area contributed by atoms with Crippen molar-refractivity contribution in [1.29, 1.82) is 0 Å². The standard InChI is InChI=1S/C19H21N7O2/c1-13-18(14(2)26(23-13)16-5-3-4-8-20-16)24-9-11-25(12-10-24)19(28)15-6-7-17(27)22-21-15/h3-8H,9-12H2,1-2H3,(H,22,27). The van der Waals surface area contributed by atoms with Gasteiger partial charge in [-0.3, -0.25) is 9.59 Å². The Morgan fingerprint density at radius 1 is 1.07 bits per heavy atom. The minimum Gasteiger partial charge on any atom is -0.365 e. The van der Waals surface area contributed by atoms with Crippen LogP contribution in [0.2, 0.25) is 0 Å². The molecule has 0 atom stereocenters. The molecule has 9 nitrogen and oxygen atoms in total. The summed E-state index contributed by atoms with van der Waals surface area (Å²) in [5, 5.41) is 10.8. The number of piperazine rings is 1. The van der Waals surface area contributed by atoms with Gasteiger partial charge in [0.05, 0.1) is 17.1 Å². The fourth-order valence-electron chi connectivity index (χ4n) is 3.55. The van der Waals surface area contributed by atoms with E-state index < -0.39 is 0 Å². The Hall–Kier alpha value is -3.49. The van der Waals surface area contributed by atoms with Crippen LogP contribution in [0.15, 0.2) is 41.3 Å². The molecule has 3 aromatic heterocycles. The zero-order valence-corrected chi connectivity index (χ0v) is 15.8. The second kappa shape index (κ2) is 7.26. The summed E-state index contributed by atoms with van der Waals surface area (Å²) in [5.74, 6) is 0.612. The first-order chi connectivity index (χ1) is 13.5. The van der Waals surface area contributed by atoms with E-state index in [1.165, 1.54) is 12.1 Å². The highest BCUT2D eigenvalue weighted by atomic mass is 16.2. The van der Waals surface area contributed by atoms with Crippen molar-refractivity contribution in [2.45, 2.75) is 13.8 Å². The summed E-state index contributed by atoms with van der Waals surface area (Å²) in [5.41, 5.74) is 2.98. The van der Waals surface area contributed by atoms with Gasteiger partial charge in [-0.25, -0.2) is 14.8 Å². The Morgan fingerprint density at radius 3 is 2.50 bits per heavy atom. The van der Waals surface area contributed by atoms with Crippen LogP contribution in [-0.4, -0.2) is 61.9 Å². The maximum absolute atomic E-state index is 12.6. The molecule has 0 aliphatic carbocycles. The molecule has 1 N–H and O–H groups in total. The molecule has 0 bridgehead atoms. The van der Waals surface area contributed by atoms with E-state index in [-0.39, 0.29) is 17.2 Å². The van der Waals surface area contributed by atoms with Crippen molar-refractivity contribution in [2.24, 2.45) is 0 Å². The van der Waals surface area contributed by atoms with Gasteiger partial charge in [0.25, 0.3) is 11.5 Å². The molecule has 144 valence electrons. The van der Waals surface area contributed by atoms with E-state index in [1.807, 2.05) is 36.7 Å². The summed E-state index contributed by atoms with van der Waals surface area (Å²) in [4.78, 5) is 32.1. The maximum Gasteiger partial charge on any atom is 0.274 e. The zero-order chi connectivity index (χ0) is 19.7. The highest BCUT2D eigenvalue weighted by Gasteiger charge is 2.26. The smallest absolute Gasteiger partial charge is 0.274 e. The van der Waals surface area contributed by atoms with E-state index in [4.69, 9.17) is 0 Å². The number of hydrogen-bond acceptors (Lipinski definition) is 6. The first kappa shape index (κ1) is 17.9.